The number of rotatable bonds is 49. The molecule has 118 heavy (non-hydrogen) atoms. The topological polar surface area (TPSA) is 502 Å². The molecule has 15 N–H and O–H groups in total. The lowest BCUT2D eigenvalue weighted by atomic mass is 9.86. The number of nitrogens with two attached hydrogens (primary N) is 1. The van der Waals surface area contributed by atoms with Crippen molar-refractivity contribution in [1.82, 2.24) is 57.2 Å². The number of hydrogen-bond donors (Lipinski definition) is 14. The molecule has 0 saturated carbocycles. The Bertz CT molecular complexity index is 4790. The molecule has 6 aliphatic rings. The highest BCUT2D eigenvalue weighted by Crippen LogP contribution is 2.47. The lowest BCUT2D eigenvalue weighted by Gasteiger charge is -2.29. The maximum absolute atomic E-state index is 13.8. The Kier molecular flexibility index (Phi) is 32.4. The van der Waals surface area contributed by atoms with E-state index in [0.717, 1.165) is 74.1 Å². The largest absolute Gasteiger partial charge is 0.511 e. The third kappa shape index (κ3) is 23.5. The van der Waals surface area contributed by atoms with Crippen molar-refractivity contribution >= 4 is 93.0 Å². The van der Waals surface area contributed by atoms with Crippen LogP contribution in [0, 0.1) is 11.8 Å². The van der Waals surface area contributed by atoms with Crippen LogP contribution < -0.4 is 53.8 Å². The molecule has 34 heteroatoms. The SMILES string of the molecule is C=CC1=C(C)C2=NC1=CC1=NC(=CC3=C(C)C4=C(O)CC(=C5NC(=C2)[C@@H](C)[C@@H]5CCC(=O)NC(CCCCNC(C)(CC)C(=O)COCC(=O)NCCCOCCOCCOCCCNC(C)(CC)C(=O)C[C@H](NC(=O)CC[C@H](NC(=O)c2ccc(NCc5cnc6nc(N)[nH]c(=O)c6n5)cc2)C(=O)O)C(=O)O)C(=O)O)C4=N3)C(CC)=C1C. The van der Waals surface area contributed by atoms with Crippen molar-refractivity contribution in [1.29, 1.82) is 0 Å². The molecule has 634 valence electrons. The highest BCUT2D eigenvalue weighted by atomic mass is 16.5. The first-order valence-electron chi connectivity index (χ1n) is 40.1. The quantitative estimate of drug-likeness (QED) is 0.0258. The third-order valence-corrected chi connectivity index (χ3v) is 22.1. The average Bonchev–Trinajstić information content (AvgIpc) is 1.58. The fraction of sp³-hybridized carbons (Fsp3) is 0.500. The maximum atomic E-state index is 13.8. The van der Waals surface area contributed by atoms with Gasteiger partial charge in [-0.15, -0.1) is 0 Å². The van der Waals surface area contributed by atoms with E-state index in [1.54, 1.807) is 32.9 Å². The molecule has 2 aromatic heterocycles. The summed E-state index contributed by atoms with van der Waals surface area (Å²) in [7, 11) is 0. The number of aliphatic hydroxyl groups excluding tert-OH is 1. The highest BCUT2D eigenvalue weighted by molar-refractivity contribution is 6.21. The van der Waals surface area contributed by atoms with Crippen LogP contribution in [0.2, 0.25) is 0 Å². The maximum Gasteiger partial charge on any atom is 0.326 e. The van der Waals surface area contributed by atoms with Gasteiger partial charge >= 0.3 is 17.9 Å². The number of aliphatic carboxylic acids is 3. The lowest BCUT2D eigenvalue weighted by Crippen LogP contribution is -2.53. The van der Waals surface area contributed by atoms with Gasteiger partial charge in [-0.1, -0.05) is 40.3 Å². The number of carboxylic acid groups (broad SMARTS) is 3. The van der Waals surface area contributed by atoms with Gasteiger partial charge in [0.15, 0.2) is 22.7 Å². The van der Waals surface area contributed by atoms with Crippen molar-refractivity contribution in [2.45, 2.75) is 188 Å². The minimum Gasteiger partial charge on any atom is -0.511 e. The van der Waals surface area contributed by atoms with E-state index < -0.39 is 94.9 Å². The second-order valence-corrected chi connectivity index (χ2v) is 30.2. The van der Waals surface area contributed by atoms with Crippen LogP contribution in [-0.2, 0) is 63.8 Å². The van der Waals surface area contributed by atoms with Crippen LogP contribution in [0.25, 0.3) is 11.2 Å². The fourth-order valence-corrected chi connectivity index (χ4v) is 14.4. The van der Waals surface area contributed by atoms with Crippen LogP contribution >= 0.6 is 0 Å². The summed E-state index contributed by atoms with van der Waals surface area (Å²) >= 11 is 0. The zero-order valence-electron chi connectivity index (χ0n) is 68.4. The van der Waals surface area contributed by atoms with Gasteiger partial charge in [-0.2, -0.15) is 4.98 Å². The number of H-pyrrole nitrogens is 1. The van der Waals surface area contributed by atoms with Gasteiger partial charge in [-0.05, 0) is 177 Å². The standard InChI is InChI=1S/C84H110N16O18/c1-11-53-46(5)59-38-61-48(7)55(73(96-61)56-37-66(101)72-49(8)62(97-74(56)72)40-64-54(12-2)47(6)60(93-64)39-63(53)92-59)24-26-69(104)94-57(79(109)110)19-15-16-29-89-84(10,14-4)68(103)44-118-45-71(106)86-28-17-31-115-33-35-117-36-34-116-32-18-30-90-83(9,13-3)67(102)41-65(81(113)114)95-70(105)27-25-58(80(111)112)98-77(107)50-20-22-51(23-21-50)87-42-52-43-88-76-75(91-52)78(108)100-82(85)99-76/h11,20-23,38-40,43,48,55,57-58,65,87,89-90,96,101H,1,12-19,24-37,41-42,44-45H2,2-10H3,(H,86,106)(H,94,104)(H,95,105)(H,98,107)(H,109,110)(H,111,112)(H,113,114)(H3,85,88,99,100,108)/t48-,55-,57?,58-,65-,83?,84?/m0/s1. The Morgan fingerprint density at radius 2 is 1.31 bits per heavy atom. The smallest absolute Gasteiger partial charge is 0.326 e. The minimum atomic E-state index is -1.62. The van der Waals surface area contributed by atoms with Gasteiger partial charge in [0.05, 0.1) is 90.2 Å². The highest BCUT2D eigenvalue weighted by Gasteiger charge is 2.43. The summed E-state index contributed by atoms with van der Waals surface area (Å²) in [5, 5.41) is 65.1. The Balaban J connectivity index is 0.589. The number of nitrogen functional groups attached to an aromatic ring is 1. The van der Waals surface area contributed by atoms with Gasteiger partial charge in [0.25, 0.3) is 11.5 Å². The van der Waals surface area contributed by atoms with Crippen LogP contribution in [0.5, 0.6) is 0 Å². The summed E-state index contributed by atoms with van der Waals surface area (Å²) < 4.78 is 22.4. The monoisotopic (exact) mass is 1630 g/mol. The number of benzene rings is 1. The number of carbonyl (C=O) groups is 9. The summed E-state index contributed by atoms with van der Waals surface area (Å²) in [4.78, 5) is 159. The third-order valence-electron chi connectivity index (χ3n) is 22.1. The first kappa shape index (κ1) is 90.6. The van der Waals surface area contributed by atoms with Crippen molar-refractivity contribution in [2.24, 2.45) is 26.8 Å². The molecule has 0 spiro atoms. The number of carbonyl (C=O) groups excluding carboxylic acids is 6. The van der Waals surface area contributed by atoms with Crippen molar-refractivity contribution in [3.63, 3.8) is 0 Å². The lowest BCUT2D eigenvalue weighted by molar-refractivity contribution is -0.144. The number of aliphatic imine (C=N–C) groups is 3. The molecular formula is C84H110N16O18. The predicted molar refractivity (Wildman–Crippen MR) is 442 cm³/mol. The van der Waals surface area contributed by atoms with E-state index in [-0.39, 0.29) is 105 Å². The number of allylic oxidation sites excluding steroid dienone is 12. The van der Waals surface area contributed by atoms with Gasteiger partial charge in [0.2, 0.25) is 23.7 Å². The molecule has 4 amide bonds. The van der Waals surface area contributed by atoms with E-state index in [1.807, 2.05) is 45.1 Å². The number of aromatic nitrogens is 4. The molecular weight excluding hydrogens is 1520 g/mol. The molecule has 1 aromatic carbocycles. The van der Waals surface area contributed by atoms with Gasteiger partial charge in [0.1, 0.15) is 37.1 Å². The number of unbranched alkanes of at least 4 members (excludes halogenated alkanes) is 1. The summed E-state index contributed by atoms with van der Waals surface area (Å²) in [5.74, 6) is -7.39. The summed E-state index contributed by atoms with van der Waals surface area (Å²) in [6.07, 6.45) is 12.1. The van der Waals surface area contributed by atoms with Crippen molar-refractivity contribution in [3.8, 4) is 0 Å². The van der Waals surface area contributed by atoms with Crippen LogP contribution in [-0.4, -0.2) is 212 Å². The molecule has 7 heterocycles. The summed E-state index contributed by atoms with van der Waals surface area (Å²) in [6, 6.07) is 1.73. The molecule has 8 bridgehead atoms. The molecule has 1 aliphatic carbocycles. The first-order chi connectivity index (χ1) is 56.4. The zero-order chi connectivity index (χ0) is 85.5. The van der Waals surface area contributed by atoms with E-state index in [2.05, 4.69) is 89.8 Å². The summed E-state index contributed by atoms with van der Waals surface area (Å²) in [5.41, 5.74) is 16.8. The Morgan fingerprint density at radius 1 is 0.686 bits per heavy atom. The van der Waals surface area contributed by atoms with Crippen molar-refractivity contribution in [3.05, 3.63) is 156 Å². The predicted octanol–water partition coefficient (Wildman–Crippen LogP) is 6.83. The number of aliphatic hydroxyl groups is 1. The number of aromatic amines is 1. The van der Waals surface area contributed by atoms with E-state index >= 15 is 0 Å². The first-order valence-corrected chi connectivity index (χ1v) is 40.1. The van der Waals surface area contributed by atoms with Gasteiger partial charge in [-0.25, -0.2) is 39.3 Å². The number of Topliss-reactive ketones (excluding diaryl/α,β-unsaturated/α-hetero) is 2. The van der Waals surface area contributed by atoms with Crippen LogP contribution in [0.3, 0.4) is 0 Å². The molecule has 1 fully saturated rings. The van der Waals surface area contributed by atoms with Gasteiger partial charge < -0.3 is 87.6 Å². The van der Waals surface area contributed by atoms with E-state index in [9.17, 15) is 68.4 Å². The van der Waals surface area contributed by atoms with Crippen LogP contribution in [0.4, 0.5) is 11.6 Å². The van der Waals surface area contributed by atoms with Crippen LogP contribution in [0.15, 0.2) is 154 Å². The molecule has 34 nitrogen and oxygen atoms in total. The number of ether oxygens (including phenoxy) is 4. The normalized spacial score (nSPS) is 18.0. The van der Waals surface area contributed by atoms with E-state index in [4.69, 9.17) is 39.7 Å². The molecule has 5 aliphatic heterocycles. The number of nitrogens with one attached hydrogen (secondary N) is 9. The Hall–Kier alpha value is -11.3. The van der Waals surface area contributed by atoms with Gasteiger partial charge in [0, 0.05) is 96.6 Å². The number of fused-ring (bicyclic) bond motifs is 6. The second-order valence-electron chi connectivity index (χ2n) is 30.2. The van der Waals surface area contributed by atoms with E-state index in [1.165, 1.54) is 18.3 Å². The Labute approximate surface area is 684 Å². The van der Waals surface area contributed by atoms with Gasteiger partial charge in [-0.3, -0.25) is 38.5 Å². The molecule has 1 saturated heterocycles. The van der Waals surface area contributed by atoms with Crippen molar-refractivity contribution < 1.29 is 82.5 Å². The number of ketones is 2. The number of amides is 4. The molecule has 3 aromatic rings. The average molecular weight is 1630 g/mol. The van der Waals surface area contributed by atoms with Crippen LogP contribution in [0.1, 0.15) is 168 Å². The second kappa shape index (κ2) is 42.2. The number of anilines is 2. The molecule has 7 atom stereocenters. The number of carboxylic acids is 3. The Morgan fingerprint density at radius 3 is 1.97 bits per heavy atom. The zero-order valence-corrected chi connectivity index (χ0v) is 68.4. The molecule has 9 rings (SSSR count). The van der Waals surface area contributed by atoms with Crippen molar-refractivity contribution in [2.75, 3.05) is 83.5 Å². The molecule has 0 radical (unpaired) electrons. The molecule has 3 unspecified atom stereocenters. The minimum absolute atomic E-state index is 0.00633. The summed E-state index contributed by atoms with van der Waals surface area (Å²) in [6.45, 7) is 23.7. The fourth-order valence-electron chi connectivity index (χ4n) is 14.4. The number of hydrogen-bond acceptors (Lipinski definition) is 26. The number of nitrogens with zero attached hydrogens (tertiary/aromatic N) is 6. The van der Waals surface area contributed by atoms with E-state index in [0.29, 0.717) is 119 Å².